The zero-order chi connectivity index (χ0) is 24.7. The number of likely N-dealkylation sites (tertiary alicyclic amines) is 2. The van der Waals surface area contributed by atoms with Crippen LogP contribution < -0.4 is 0 Å². The van der Waals surface area contributed by atoms with Gasteiger partial charge in [-0.25, -0.2) is 4.79 Å². The Morgan fingerprint density at radius 3 is 2.26 bits per heavy atom. The van der Waals surface area contributed by atoms with E-state index in [0.29, 0.717) is 26.2 Å². The van der Waals surface area contributed by atoms with Crippen LogP contribution in [0.5, 0.6) is 0 Å². The molecule has 2 aliphatic rings. The predicted molar refractivity (Wildman–Crippen MR) is 107 cm³/mol. The summed E-state index contributed by atoms with van der Waals surface area (Å²) in [4.78, 5) is 19.5. The highest BCUT2D eigenvalue weighted by Crippen LogP contribution is 2.38. The molecule has 2 aliphatic heterocycles. The highest BCUT2D eigenvalue weighted by Gasteiger charge is 2.60. The minimum Gasteiger partial charge on any atom is -0.426 e. The Morgan fingerprint density at radius 1 is 1.09 bits per heavy atom. The van der Waals surface area contributed by atoms with Crippen LogP contribution in [0.15, 0.2) is 30.6 Å². The van der Waals surface area contributed by atoms with Gasteiger partial charge in [-0.1, -0.05) is 6.07 Å². The van der Waals surface area contributed by atoms with E-state index >= 15 is 0 Å². The lowest BCUT2D eigenvalue weighted by atomic mass is 10.0. The van der Waals surface area contributed by atoms with Crippen LogP contribution in [0.4, 0.5) is 31.1 Å². The molecule has 13 heteroatoms. The quantitative estimate of drug-likeness (QED) is 0.593. The fraction of sp³-hybridized carbons (Fsp3) is 0.571. The van der Waals surface area contributed by atoms with Crippen molar-refractivity contribution in [2.24, 2.45) is 11.8 Å². The molecule has 2 aromatic heterocycles. The molecule has 4 heterocycles. The van der Waals surface area contributed by atoms with Crippen LogP contribution in [-0.2, 0) is 17.8 Å². The van der Waals surface area contributed by atoms with Gasteiger partial charge < -0.3 is 9.64 Å². The average molecular weight is 491 g/mol. The highest BCUT2D eigenvalue weighted by molar-refractivity contribution is 5.68. The number of carbonyl (C=O) groups is 1. The number of halogens is 6. The van der Waals surface area contributed by atoms with Crippen molar-refractivity contribution in [3.05, 3.63) is 36.2 Å². The maximum atomic E-state index is 12.7. The monoisotopic (exact) mass is 491 g/mol. The summed E-state index contributed by atoms with van der Waals surface area (Å²) in [6.07, 6.45) is -13.6. The number of aromatic nitrogens is 3. The van der Waals surface area contributed by atoms with Crippen molar-refractivity contribution in [2.45, 2.75) is 38.5 Å². The summed E-state index contributed by atoms with van der Waals surface area (Å²) in [6, 6.07) is 5.54. The number of amides is 1. The first-order valence-electron chi connectivity index (χ1n) is 10.7. The van der Waals surface area contributed by atoms with E-state index in [1.165, 1.54) is 0 Å². The molecule has 2 aromatic rings. The van der Waals surface area contributed by atoms with Gasteiger partial charge in [0.1, 0.15) is 5.69 Å². The van der Waals surface area contributed by atoms with Gasteiger partial charge in [0.05, 0.1) is 5.69 Å². The van der Waals surface area contributed by atoms with Gasteiger partial charge in [0, 0.05) is 57.2 Å². The van der Waals surface area contributed by atoms with Gasteiger partial charge >= 0.3 is 18.4 Å². The molecule has 0 saturated carbocycles. The fourth-order valence-corrected chi connectivity index (χ4v) is 4.56. The van der Waals surface area contributed by atoms with Crippen molar-refractivity contribution in [1.82, 2.24) is 24.6 Å². The summed E-state index contributed by atoms with van der Waals surface area (Å²) in [5, 5.41) is 4.59. The number of pyridine rings is 1. The van der Waals surface area contributed by atoms with Crippen LogP contribution in [-0.4, -0.2) is 75.3 Å². The van der Waals surface area contributed by atoms with Crippen LogP contribution in [0.2, 0.25) is 0 Å². The Hall–Kier alpha value is -2.83. The third-order valence-corrected chi connectivity index (χ3v) is 6.10. The van der Waals surface area contributed by atoms with Gasteiger partial charge in [-0.3, -0.25) is 14.6 Å². The van der Waals surface area contributed by atoms with E-state index in [2.05, 4.69) is 19.7 Å². The number of nitrogens with zero attached hydrogens (tertiary/aromatic N) is 5. The number of carbonyl (C=O) groups excluding carboxylic acids is 1. The molecule has 1 amide bonds. The molecule has 0 spiro atoms. The summed E-state index contributed by atoms with van der Waals surface area (Å²) in [7, 11) is 0. The first-order valence-corrected chi connectivity index (χ1v) is 10.7. The lowest BCUT2D eigenvalue weighted by molar-refractivity contribution is -0.308. The fourth-order valence-electron chi connectivity index (χ4n) is 4.56. The van der Waals surface area contributed by atoms with Crippen LogP contribution in [0.3, 0.4) is 0 Å². The summed E-state index contributed by atoms with van der Waals surface area (Å²) in [5.74, 6) is -0.135. The smallest absolute Gasteiger partial charge is 0.426 e. The van der Waals surface area contributed by atoms with Crippen molar-refractivity contribution >= 4 is 6.09 Å². The molecular weight excluding hydrogens is 468 g/mol. The number of alkyl halides is 6. The average Bonchev–Trinajstić information content (AvgIpc) is 3.44. The third kappa shape index (κ3) is 5.13. The second-order valence-corrected chi connectivity index (χ2v) is 8.54. The van der Waals surface area contributed by atoms with E-state index in [0.717, 1.165) is 21.9 Å². The standard InChI is InChI=1S/C21H23F6N5O2/c1-2-32-12-15(17(29-32)16-5-3-4-6-28-16)9-30-7-13-10-31(11-14(13)8-30)19(33)34-18(20(22,23)24)21(25,26)27/h3-6,12-14,18H,2,7-11H2,1H3. The van der Waals surface area contributed by atoms with E-state index in [9.17, 15) is 31.1 Å². The molecule has 0 radical (unpaired) electrons. The second kappa shape index (κ2) is 9.08. The van der Waals surface area contributed by atoms with E-state index in [1.807, 2.05) is 36.0 Å². The largest absolute Gasteiger partial charge is 0.434 e. The van der Waals surface area contributed by atoms with Crippen LogP contribution in [0.1, 0.15) is 12.5 Å². The van der Waals surface area contributed by atoms with Crippen molar-refractivity contribution in [1.29, 1.82) is 0 Å². The van der Waals surface area contributed by atoms with Gasteiger partial charge in [-0.15, -0.1) is 0 Å². The first kappa shape index (κ1) is 24.3. The molecule has 2 unspecified atom stereocenters. The molecule has 34 heavy (non-hydrogen) atoms. The third-order valence-electron chi connectivity index (χ3n) is 6.10. The Kier molecular flexibility index (Phi) is 6.49. The molecular formula is C21H23F6N5O2. The van der Waals surface area contributed by atoms with E-state index in [4.69, 9.17) is 0 Å². The van der Waals surface area contributed by atoms with Crippen molar-refractivity contribution in [2.75, 3.05) is 26.2 Å². The Balaban J connectivity index is 1.38. The molecule has 7 nitrogen and oxygen atoms in total. The predicted octanol–water partition coefficient (Wildman–Crippen LogP) is 3.96. The maximum Gasteiger partial charge on any atom is 0.434 e. The van der Waals surface area contributed by atoms with Gasteiger partial charge in [-0.2, -0.15) is 31.4 Å². The zero-order valence-corrected chi connectivity index (χ0v) is 18.2. The Morgan fingerprint density at radius 2 is 1.74 bits per heavy atom. The normalized spacial score (nSPS) is 21.4. The Labute approximate surface area is 191 Å². The highest BCUT2D eigenvalue weighted by atomic mass is 19.4. The van der Waals surface area contributed by atoms with Gasteiger partial charge in [0.25, 0.3) is 6.10 Å². The first-order chi connectivity index (χ1) is 16.0. The number of ether oxygens (including phenoxy) is 1. The molecule has 2 atom stereocenters. The second-order valence-electron chi connectivity index (χ2n) is 8.54. The minimum atomic E-state index is -5.73. The van der Waals surface area contributed by atoms with Gasteiger partial charge in [-0.05, 0) is 30.9 Å². The Bertz CT molecular complexity index is 981. The zero-order valence-electron chi connectivity index (χ0n) is 18.2. The lowest BCUT2D eigenvalue weighted by Gasteiger charge is -2.26. The van der Waals surface area contributed by atoms with Crippen molar-refractivity contribution in [3.63, 3.8) is 0 Å². The minimum absolute atomic E-state index is 0.0454. The molecule has 186 valence electrons. The topological polar surface area (TPSA) is 63.5 Å². The van der Waals surface area contributed by atoms with Crippen LogP contribution >= 0.6 is 0 Å². The molecule has 0 bridgehead atoms. The number of hydrogen-bond acceptors (Lipinski definition) is 5. The van der Waals surface area contributed by atoms with E-state index in [1.54, 1.807) is 6.20 Å². The SMILES string of the molecule is CCn1cc(CN2CC3CN(C(=O)OC(C(F)(F)F)C(F)(F)F)CC3C2)c(-c2ccccn2)n1. The molecule has 4 rings (SSSR count). The summed E-state index contributed by atoms with van der Waals surface area (Å²) in [5.41, 5.74) is 2.46. The van der Waals surface area contributed by atoms with Crippen molar-refractivity contribution in [3.8, 4) is 11.4 Å². The molecule has 0 aromatic carbocycles. The van der Waals surface area contributed by atoms with Gasteiger partial charge in [0.2, 0.25) is 0 Å². The van der Waals surface area contributed by atoms with Crippen LogP contribution in [0, 0.1) is 11.8 Å². The number of aryl methyl sites for hydroxylation is 1. The van der Waals surface area contributed by atoms with Crippen LogP contribution in [0.25, 0.3) is 11.4 Å². The number of rotatable bonds is 5. The summed E-state index contributed by atoms with van der Waals surface area (Å²) >= 11 is 0. The molecule has 0 N–H and O–H groups in total. The summed E-state index contributed by atoms with van der Waals surface area (Å²) < 4.78 is 81.9. The summed E-state index contributed by atoms with van der Waals surface area (Å²) in [6.45, 7) is 4.40. The molecule has 2 fully saturated rings. The van der Waals surface area contributed by atoms with E-state index in [-0.39, 0.29) is 24.9 Å². The van der Waals surface area contributed by atoms with Gasteiger partial charge in [0.15, 0.2) is 0 Å². The van der Waals surface area contributed by atoms with E-state index < -0.39 is 24.5 Å². The van der Waals surface area contributed by atoms with Crippen molar-refractivity contribution < 1.29 is 35.9 Å². The maximum absolute atomic E-state index is 12.7. The molecule has 0 aliphatic carbocycles. The number of fused-ring (bicyclic) bond motifs is 1. The number of hydrogen-bond donors (Lipinski definition) is 0. The molecule has 2 saturated heterocycles. The lowest BCUT2D eigenvalue weighted by Crippen LogP contribution is -2.48.